The maximum absolute atomic E-state index is 12.9. The quantitative estimate of drug-likeness (QED) is 0.780. The number of hydrogen-bond acceptors (Lipinski definition) is 5. The average Bonchev–Trinajstić information content (AvgIpc) is 3.05. The summed E-state index contributed by atoms with van der Waals surface area (Å²) in [6, 6.07) is 5.12. The number of rotatable bonds is 3. The normalized spacial score (nSPS) is 18.0. The Labute approximate surface area is 175 Å². The number of carbonyl (C=O) groups excluding carboxylic acids is 2. The fraction of sp³-hybridized carbons (Fsp3) is 0.389. The SMILES string of the molecule is CC1(C)CN(C(=O)c2sccc2NC(=O)c2ccncc2)CCC1N.Cl.Cl. The van der Waals surface area contributed by atoms with Gasteiger partial charge in [0.05, 0.1) is 5.69 Å². The van der Waals surface area contributed by atoms with Gasteiger partial charge in [0.1, 0.15) is 4.88 Å². The molecule has 3 N–H and O–H groups in total. The molecule has 0 spiro atoms. The number of nitrogens with zero attached hydrogens (tertiary/aromatic N) is 2. The number of carbonyl (C=O) groups is 2. The van der Waals surface area contributed by atoms with Gasteiger partial charge in [-0.2, -0.15) is 0 Å². The number of aromatic nitrogens is 1. The van der Waals surface area contributed by atoms with Crippen molar-refractivity contribution in [2.24, 2.45) is 11.1 Å². The van der Waals surface area contributed by atoms with Crippen LogP contribution < -0.4 is 11.1 Å². The van der Waals surface area contributed by atoms with Crippen molar-refractivity contribution in [1.29, 1.82) is 0 Å². The Bertz CT molecular complexity index is 783. The maximum Gasteiger partial charge on any atom is 0.266 e. The second kappa shape index (κ2) is 9.50. The van der Waals surface area contributed by atoms with Crippen molar-refractivity contribution in [3.63, 3.8) is 0 Å². The summed E-state index contributed by atoms with van der Waals surface area (Å²) in [5.74, 6) is -0.309. The minimum absolute atomic E-state index is 0. The highest BCUT2D eigenvalue weighted by Crippen LogP contribution is 2.31. The summed E-state index contributed by atoms with van der Waals surface area (Å²) < 4.78 is 0. The summed E-state index contributed by atoms with van der Waals surface area (Å²) in [6.07, 6.45) is 3.91. The molecule has 2 aromatic rings. The van der Waals surface area contributed by atoms with E-state index in [0.29, 0.717) is 29.2 Å². The Morgan fingerprint density at radius 3 is 2.56 bits per heavy atom. The van der Waals surface area contributed by atoms with E-state index in [4.69, 9.17) is 5.73 Å². The molecule has 0 saturated carbocycles. The van der Waals surface area contributed by atoms with Gasteiger partial charge in [-0.3, -0.25) is 14.6 Å². The number of halogens is 2. The zero-order chi connectivity index (χ0) is 18.0. The molecule has 1 saturated heterocycles. The maximum atomic E-state index is 12.9. The van der Waals surface area contributed by atoms with Crippen LogP contribution in [-0.4, -0.2) is 40.8 Å². The highest BCUT2D eigenvalue weighted by Gasteiger charge is 2.36. The van der Waals surface area contributed by atoms with E-state index in [-0.39, 0.29) is 48.1 Å². The third-order valence-corrected chi connectivity index (χ3v) is 5.55. The van der Waals surface area contributed by atoms with E-state index >= 15 is 0 Å². The highest BCUT2D eigenvalue weighted by molar-refractivity contribution is 7.12. The van der Waals surface area contributed by atoms with E-state index in [0.717, 1.165) is 6.42 Å². The summed E-state index contributed by atoms with van der Waals surface area (Å²) in [5.41, 5.74) is 7.09. The molecule has 0 radical (unpaired) electrons. The molecule has 1 aliphatic heterocycles. The van der Waals surface area contributed by atoms with Crippen LogP contribution in [0.25, 0.3) is 0 Å². The van der Waals surface area contributed by atoms with Crippen molar-refractivity contribution in [1.82, 2.24) is 9.88 Å². The predicted molar refractivity (Wildman–Crippen MR) is 113 cm³/mol. The average molecular weight is 431 g/mol. The van der Waals surface area contributed by atoms with E-state index in [1.807, 2.05) is 10.3 Å². The number of piperidine rings is 1. The van der Waals surface area contributed by atoms with Crippen LogP contribution in [0.4, 0.5) is 5.69 Å². The largest absolute Gasteiger partial charge is 0.337 e. The lowest BCUT2D eigenvalue weighted by molar-refractivity contribution is 0.0538. The van der Waals surface area contributed by atoms with Crippen LogP contribution in [0.3, 0.4) is 0 Å². The van der Waals surface area contributed by atoms with Crippen molar-refractivity contribution in [2.45, 2.75) is 26.3 Å². The number of thiophene rings is 1. The molecule has 9 heteroatoms. The number of anilines is 1. The second-order valence-electron chi connectivity index (χ2n) is 6.96. The summed E-state index contributed by atoms with van der Waals surface area (Å²) in [5, 5.41) is 4.64. The predicted octanol–water partition coefficient (Wildman–Crippen LogP) is 3.44. The van der Waals surface area contributed by atoms with Crippen molar-refractivity contribution in [2.75, 3.05) is 18.4 Å². The molecule has 1 atom stereocenters. The van der Waals surface area contributed by atoms with E-state index in [1.54, 1.807) is 30.6 Å². The molecular weight excluding hydrogens is 407 g/mol. The Balaban J connectivity index is 0.00000182. The lowest BCUT2D eigenvalue weighted by Gasteiger charge is -2.42. The number of pyridine rings is 1. The lowest BCUT2D eigenvalue weighted by Crippen LogP contribution is -2.53. The van der Waals surface area contributed by atoms with Crippen LogP contribution in [0.15, 0.2) is 36.0 Å². The first kappa shape index (κ1) is 23.4. The van der Waals surface area contributed by atoms with Crippen LogP contribution in [0, 0.1) is 5.41 Å². The van der Waals surface area contributed by atoms with Gasteiger partial charge in [-0.05, 0) is 35.4 Å². The van der Waals surface area contributed by atoms with Crippen LogP contribution in [0.2, 0.25) is 0 Å². The number of likely N-dealkylation sites (tertiary alicyclic amines) is 1. The van der Waals surface area contributed by atoms with Gasteiger partial charge in [0, 0.05) is 37.1 Å². The summed E-state index contributed by atoms with van der Waals surface area (Å²) in [6.45, 7) is 5.41. The topological polar surface area (TPSA) is 88.3 Å². The summed E-state index contributed by atoms with van der Waals surface area (Å²) in [7, 11) is 0. The van der Waals surface area contributed by atoms with Gasteiger partial charge in [-0.15, -0.1) is 36.2 Å². The molecule has 6 nitrogen and oxygen atoms in total. The number of amides is 2. The van der Waals surface area contributed by atoms with Crippen molar-refractivity contribution < 1.29 is 9.59 Å². The van der Waals surface area contributed by atoms with Crippen LogP contribution in [-0.2, 0) is 0 Å². The second-order valence-corrected chi connectivity index (χ2v) is 7.88. The third-order valence-electron chi connectivity index (χ3n) is 4.65. The zero-order valence-electron chi connectivity index (χ0n) is 15.2. The first-order chi connectivity index (χ1) is 11.9. The molecular formula is C18H24Cl2N4O2S. The molecule has 0 bridgehead atoms. The van der Waals surface area contributed by atoms with Crippen molar-refractivity contribution in [3.05, 3.63) is 46.4 Å². The van der Waals surface area contributed by atoms with Crippen LogP contribution >= 0.6 is 36.2 Å². The van der Waals surface area contributed by atoms with E-state index in [1.165, 1.54) is 11.3 Å². The first-order valence-electron chi connectivity index (χ1n) is 8.22. The molecule has 1 aliphatic rings. The zero-order valence-corrected chi connectivity index (χ0v) is 17.6. The molecule has 27 heavy (non-hydrogen) atoms. The molecule has 0 aliphatic carbocycles. The Kier molecular flexibility index (Phi) is 8.23. The molecule has 2 aromatic heterocycles. The molecule has 0 aromatic carbocycles. The molecule has 148 valence electrons. The van der Waals surface area contributed by atoms with Gasteiger partial charge >= 0.3 is 0 Å². The Morgan fingerprint density at radius 1 is 1.26 bits per heavy atom. The van der Waals surface area contributed by atoms with Gasteiger partial charge < -0.3 is 16.0 Å². The number of nitrogens with two attached hydrogens (primary N) is 1. The number of hydrogen-bond donors (Lipinski definition) is 2. The van der Waals surface area contributed by atoms with Gasteiger partial charge in [0.15, 0.2) is 0 Å². The minimum Gasteiger partial charge on any atom is -0.337 e. The van der Waals surface area contributed by atoms with Gasteiger partial charge in [-0.1, -0.05) is 13.8 Å². The molecule has 3 heterocycles. The molecule has 2 amide bonds. The lowest BCUT2D eigenvalue weighted by atomic mass is 9.79. The third kappa shape index (κ3) is 5.19. The summed E-state index contributed by atoms with van der Waals surface area (Å²) in [4.78, 5) is 31.5. The van der Waals surface area contributed by atoms with Gasteiger partial charge in [0.2, 0.25) is 0 Å². The summed E-state index contributed by atoms with van der Waals surface area (Å²) >= 11 is 1.34. The van der Waals surface area contributed by atoms with Crippen molar-refractivity contribution >= 4 is 53.7 Å². The van der Waals surface area contributed by atoms with E-state index in [2.05, 4.69) is 24.1 Å². The van der Waals surface area contributed by atoms with E-state index in [9.17, 15) is 9.59 Å². The number of nitrogens with one attached hydrogen (secondary N) is 1. The minimum atomic E-state index is -0.254. The molecule has 3 rings (SSSR count). The smallest absolute Gasteiger partial charge is 0.266 e. The fourth-order valence-corrected chi connectivity index (χ4v) is 3.78. The van der Waals surface area contributed by atoms with Crippen molar-refractivity contribution in [3.8, 4) is 0 Å². The first-order valence-corrected chi connectivity index (χ1v) is 9.10. The Hall–Kier alpha value is -1.67. The van der Waals surface area contributed by atoms with Crippen LogP contribution in [0.5, 0.6) is 0 Å². The fourth-order valence-electron chi connectivity index (χ4n) is 2.96. The van der Waals surface area contributed by atoms with Gasteiger partial charge in [0.25, 0.3) is 11.8 Å². The van der Waals surface area contributed by atoms with Gasteiger partial charge in [-0.25, -0.2) is 0 Å². The van der Waals surface area contributed by atoms with E-state index < -0.39 is 0 Å². The monoisotopic (exact) mass is 430 g/mol. The Morgan fingerprint density at radius 2 is 1.93 bits per heavy atom. The molecule has 1 unspecified atom stereocenters. The molecule has 1 fully saturated rings. The van der Waals surface area contributed by atoms with Crippen LogP contribution in [0.1, 0.15) is 40.3 Å². The standard InChI is InChI=1S/C18H22N4O2S.2ClH/c1-18(2)11-22(9-5-14(18)19)17(24)15-13(6-10-25-15)21-16(23)12-3-7-20-8-4-12;;/h3-4,6-8,10,14H,5,9,11,19H2,1-2H3,(H,21,23);2*1H. The highest BCUT2D eigenvalue weighted by atomic mass is 35.5.